The quantitative estimate of drug-likeness (QED) is 0.928. The van der Waals surface area contributed by atoms with Crippen molar-refractivity contribution < 1.29 is 4.79 Å². The van der Waals surface area contributed by atoms with Gasteiger partial charge in [0.25, 0.3) is 5.91 Å². The average molecular weight is 344 g/mol. The second kappa shape index (κ2) is 6.16. The van der Waals surface area contributed by atoms with Crippen LogP contribution in [-0.4, -0.2) is 20.9 Å². The molecule has 1 heterocycles. The number of aromatic nitrogens is 3. The van der Waals surface area contributed by atoms with Crippen molar-refractivity contribution in [3.63, 3.8) is 0 Å². The highest BCUT2D eigenvalue weighted by atomic mass is 79.9. The number of nitrogens with one attached hydrogen (secondary N) is 1. The predicted molar refractivity (Wildman–Crippen MR) is 76.0 cm³/mol. The second-order valence-electron chi connectivity index (χ2n) is 3.92. The summed E-state index contributed by atoms with van der Waals surface area (Å²) in [5.41, 5.74) is 1.22. The van der Waals surface area contributed by atoms with Gasteiger partial charge in [0.2, 0.25) is 0 Å². The molecule has 0 atom stereocenters. The van der Waals surface area contributed by atoms with E-state index >= 15 is 0 Å². The van der Waals surface area contributed by atoms with Crippen LogP contribution in [0.3, 0.4) is 0 Å². The fraction of sp³-hybridized carbons (Fsp3) is 0.250. The summed E-state index contributed by atoms with van der Waals surface area (Å²) in [7, 11) is 0. The summed E-state index contributed by atoms with van der Waals surface area (Å²) in [6, 6.07) is 5.49. The van der Waals surface area contributed by atoms with Crippen molar-refractivity contribution in [2.24, 2.45) is 0 Å². The van der Waals surface area contributed by atoms with Crippen LogP contribution in [0.5, 0.6) is 0 Å². The van der Waals surface area contributed by atoms with Gasteiger partial charge in [-0.2, -0.15) is 0 Å². The molecule has 0 unspecified atom stereocenters. The fourth-order valence-corrected chi connectivity index (χ4v) is 2.47. The molecule has 5 nitrogen and oxygen atoms in total. The van der Waals surface area contributed by atoms with Crippen LogP contribution in [0.4, 0.5) is 0 Å². The van der Waals surface area contributed by atoms with Crippen molar-refractivity contribution in [2.45, 2.75) is 20.0 Å². The Morgan fingerprint density at radius 1 is 1.47 bits per heavy atom. The van der Waals surface area contributed by atoms with Crippen molar-refractivity contribution in [1.82, 2.24) is 20.3 Å². The lowest BCUT2D eigenvalue weighted by molar-refractivity contribution is 0.0946. The largest absolute Gasteiger partial charge is 0.347 e. The van der Waals surface area contributed by atoms with E-state index in [0.717, 1.165) is 10.0 Å². The minimum Gasteiger partial charge on any atom is -0.347 e. The van der Waals surface area contributed by atoms with E-state index in [4.69, 9.17) is 11.6 Å². The van der Waals surface area contributed by atoms with Gasteiger partial charge in [0.05, 0.1) is 6.20 Å². The Balaban J connectivity index is 2.00. The van der Waals surface area contributed by atoms with Gasteiger partial charge in [0, 0.05) is 22.6 Å². The smallest absolute Gasteiger partial charge is 0.273 e. The molecular weight excluding hydrogens is 332 g/mol. The van der Waals surface area contributed by atoms with E-state index in [1.54, 1.807) is 23.0 Å². The van der Waals surface area contributed by atoms with E-state index in [9.17, 15) is 4.79 Å². The number of carbonyl (C=O) groups is 1. The van der Waals surface area contributed by atoms with E-state index in [1.807, 2.05) is 13.0 Å². The molecule has 0 aliphatic heterocycles. The van der Waals surface area contributed by atoms with Crippen molar-refractivity contribution in [1.29, 1.82) is 0 Å². The first-order chi connectivity index (χ1) is 9.08. The number of amides is 1. The number of nitrogens with zero attached hydrogens (tertiary/aromatic N) is 3. The van der Waals surface area contributed by atoms with Crippen LogP contribution in [0, 0.1) is 0 Å². The molecule has 1 amide bonds. The lowest BCUT2D eigenvalue weighted by Crippen LogP contribution is -2.23. The second-order valence-corrected chi connectivity index (χ2v) is 5.27. The van der Waals surface area contributed by atoms with Gasteiger partial charge in [0.1, 0.15) is 0 Å². The monoisotopic (exact) mass is 342 g/mol. The molecule has 100 valence electrons. The van der Waals surface area contributed by atoms with Crippen molar-refractivity contribution >= 4 is 33.4 Å². The van der Waals surface area contributed by atoms with Gasteiger partial charge >= 0.3 is 0 Å². The molecule has 0 fully saturated rings. The molecular formula is C12H12BrClN4O. The van der Waals surface area contributed by atoms with Crippen LogP contribution in [0.25, 0.3) is 0 Å². The maximum atomic E-state index is 11.8. The maximum Gasteiger partial charge on any atom is 0.273 e. The van der Waals surface area contributed by atoms with Gasteiger partial charge in [-0.1, -0.05) is 32.7 Å². The molecule has 0 bridgehead atoms. The third-order valence-electron chi connectivity index (χ3n) is 2.47. The van der Waals surface area contributed by atoms with Gasteiger partial charge in [-0.3, -0.25) is 9.48 Å². The Kier molecular flexibility index (Phi) is 4.55. The standard InChI is InChI=1S/C12H12BrClN4O/c1-2-18-7-11(16-17-18)12(19)15-6-8-3-9(13)5-10(14)4-8/h3-5,7H,2,6H2,1H3,(H,15,19). The third kappa shape index (κ3) is 3.78. The molecule has 0 aliphatic carbocycles. The summed E-state index contributed by atoms with van der Waals surface area (Å²) < 4.78 is 2.48. The Morgan fingerprint density at radius 2 is 2.26 bits per heavy atom. The molecule has 0 spiro atoms. The molecule has 2 aromatic rings. The normalized spacial score (nSPS) is 10.5. The highest BCUT2D eigenvalue weighted by Crippen LogP contribution is 2.19. The fourth-order valence-electron chi connectivity index (χ4n) is 1.54. The summed E-state index contributed by atoms with van der Waals surface area (Å²) >= 11 is 9.29. The van der Waals surface area contributed by atoms with Crippen LogP contribution in [-0.2, 0) is 13.1 Å². The van der Waals surface area contributed by atoms with E-state index in [-0.39, 0.29) is 5.91 Å². The summed E-state index contributed by atoms with van der Waals surface area (Å²) in [6.45, 7) is 3.00. The van der Waals surface area contributed by atoms with Crippen molar-refractivity contribution in [3.05, 3.63) is 45.1 Å². The molecule has 0 radical (unpaired) electrons. The zero-order valence-corrected chi connectivity index (χ0v) is 12.6. The van der Waals surface area contributed by atoms with Gasteiger partial charge in [0.15, 0.2) is 5.69 Å². The molecule has 1 N–H and O–H groups in total. The van der Waals surface area contributed by atoms with Crippen LogP contribution < -0.4 is 5.32 Å². The van der Waals surface area contributed by atoms with Crippen LogP contribution in [0.15, 0.2) is 28.9 Å². The number of hydrogen-bond acceptors (Lipinski definition) is 3. The summed E-state index contributed by atoms with van der Waals surface area (Å²) in [5.74, 6) is -0.254. The first-order valence-electron chi connectivity index (χ1n) is 5.72. The first-order valence-corrected chi connectivity index (χ1v) is 6.89. The SMILES string of the molecule is CCn1cc(C(=O)NCc2cc(Cl)cc(Br)c2)nn1. The van der Waals surface area contributed by atoms with Crippen molar-refractivity contribution in [2.75, 3.05) is 0 Å². The molecule has 7 heteroatoms. The van der Waals surface area contributed by atoms with Gasteiger partial charge < -0.3 is 5.32 Å². The average Bonchev–Trinajstić information content (AvgIpc) is 2.83. The molecule has 0 aliphatic rings. The van der Waals surface area contributed by atoms with E-state index in [1.165, 1.54) is 0 Å². The zero-order chi connectivity index (χ0) is 13.8. The van der Waals surface area contributed by atoms with Gasteiger partial charge in [-0.15, -0.1) is 5.10 Å². The number of rotatable bonds is 4. The number of aryl methyl sites for hydroxylation is 1. The maximum absolute atomic E-state index is 11.8. The molecule has 1 aromatic heterocycles. The first kappa shape index (κ1) is 14.0. The Labute approximate surface area is 124 Å². The molecule has 2 rings (SSSR count). The molecule has 0 saturated carbocycles. The highest BCUT2D eigenvalue weighted by Gasteiger charge is 2.10. The van der Waals surface area contributed by atoms with E-state index in [0.29, 0.717) is 23.8 Å². The van der Waals surface area contributed by atoms with Crippen molar-refractivity contribution in [3.8, 4) is 0 Å². The van der Waals surface area contributed by atoms with Gasteiger partial charge in [-0.25, -0.2) is 0 Å². The topological polar surface area (TPSA) is 59.8 Å². The summed E-state index contributed by atoms with van der Waals surface area (Å²) in [5, 5.41) is 11.0. The Hall–Kier alpha value is -1.40. The lowest BCUT2D eigenvalue weighted by atomic mass is 10.2. The summed E-state index contributed by atoms with van der Waals surface area (Å²) in [4.78, 5) is 11.8. The molecule has 19 heavy (non-hydrogen) atoms. The number of hydrogen-bond donors (Lipinski definition) is 1. The zero-order valence-electron chi connectivity index (χ0n) is 10.2. The molecule has 1 aromatic carbocycles. The molecule has 0 saturated heterocycles. The van der Waals surface area contributed by atoms with Crippen LogP contribution in [0.1, 0.15) is 23.0 Å². The highest BCUT2D eigenvalue weighted by molar-refractivity contribution is 9.10. The third-order valence-corrected chi connectivity index (χ3v) is 3.15. The predicted octanol–water partition coefficient (Wildman–Crippen LogP) is 2.64. The van der Waals surface area contributed by atoms with E-state index in [2.05, 4.69) is 31.6 Å². The van der Waals surface area contributed by atoms with Crippen LogP contribution >= 0.6 is 27.5 Å². The number of halogens is 2. The number of benzene rings is 1. The minimum atomic E-state index is -0.254. The van der Waals surface area contributed by atoms with Crippen LogP contribution in [0.2, 0.25) is 5.02 Å². The number of carbonyl (C=O) groups excluding carboxylic acids is 1. The van der Waals surface area contributed by atoms with E-state index < -0.39 is 0 Å². The summed E-state index contributed by atoms with van der Waals surface area (Å²) in [6.07, 6.45) is 1.61. The minimum absolute atomic E-state index is 0.254. The lowest BCUT2D eigenvalue weighted by Gasteiger charge is -2.04. The Bertz CT molecular complexity index is 579. The Morgan fingerprint density at radius 3 is 2.89 bits per heavy atom. The van der Waals surface area contributed by atoms with Gasteiger partial charge in [-0.05, 0) is 30.7 Å².